The Balaban J connectivity index is 1.65. The summed E-state index contributed by atoms with van der Waals surface area (Å²) >= 11 is 7.77. The second kappa shape index (κ2) is 9.03. The first-order valence-electron chi connectivity index (χ1n) is 10.4. The highest BCUT2D eigenvalue weighted by atomic mass is 35.5. The molecule has 33 heavy (non-hydrogen) atoms. The third-order valence-corrected chi connectivity index (χ3v) is 6.69. The van der Waals surface area contributed by atoms with Gasteiger partial charge in [-0.05, 0) is 57.5 Å². The lowest BCUT2D eigenvalue weighted by atomic mass is 10.1. The van der Waals surface area contributed by atoms with Gasteiger partial charge in [-0.3, -0.25) is 14.5 Å². The van der Waals surface area contributed by atoms with Crippen LogP contribution in [0.3, 0.4) is 0 Å². The van der Waals surface area contributed by atoms with Crippen molar-refractivity contribution in [2.75, 3.05) is 23.9 Å². The van der Waals surface area contributed by atoms with Crippen LogP contribution in [0.5, 0.6) is 11.5 Å². The Morgan fingerprint density at radius 2 is 2.03 bits per heavy atom. The Bertz CT molecular complexity index is 1260. The molecule has 0 aliphatic carbocycles. The average Bonchev–Trinajstić information content (AvgIpc) is 3.11. The Labute approximate surface area is 201 Å². The zero-order valence-electron chi connectivity index (χ0n) is 19.0. The number of hydrogen-bond acceptors (Lipinski definition) is 6. The fraction of sp³-hybridized carbons (Fsp3) is 0.292. The quantitative estimate of drug-likeness (QED) is 0.540. The van der Waals surface area contributed by atoms with Gasteiger partial charge in [0.25, 0.3) is 5.91 Å². The molecule has 7 nitrogen and oxygen atoms in total. The van der Waals surface area contributed by atoms with Crippen molar-refractivity contribution < 1.29 is 19.1 Å². The summed E-state index contributed by atoms with van der Waals surface area (Å²) in [7, 11) is 1.50. The predicted octanol–water partition coefficient (Wildman–Crippen LogP) is 5.15. The number of thiazole rings is 1. The number of aryl methyl sites for hydroxylation is 3. The van der Waals surface area contributed by atoms with Gasteiger partial charge in [-0.25, -0.2) is 4.98 Å². The number of fused-ring (bicyclic) bond motifs is 1. The molecule has 2 heterocycles. The number of benzene rings is 2. The third kappa shape index (κ3) is 4.54. The van der Waals surface area contributed by atoms with Crippen molar-refractivity contribution >= 4 is 46.1 Å². The molecule has 1 aromatic heterocycles. The molecule has 9 heteroatoms. The lowest BCUT2D eigenvalue weighted by Crippen LogP contribution is -2.47. The molecule has 1 aliphatic heterocycles. The van der Waals surface area contributed by atoms with Crippen LogP contribution in [0.2, 0.25) is 5.02 Å². The van der Waals surface area contributed by atoms with Crippen LogP contribution in [0.4, 0.5) is 11.4 Å². The van der Waals surface area contributed by atoms with E-state index < -0.39 is 6.10 Å². The molecule has 1 unspecified atom stereocenters. The van der Waals surface area contributed by atoms with Crippen molar-refractivity contribution in [3.63, 3.8) is 0 Å². The van der Waals surface area contributed by atoms with Crippen LogP contribution < -0.4 is 19.7 Å². The summed E-state index contributed by atoms with van der Waals surface area (Å²) in [4.78, 5) is 33.1. The van der Waals surface area contributed by atoms with Crippen molar-refractivity contribution in [3.8, 4) is 22.8 Å². The summed E-state index contributed by atoms with van der Waals surface area (Å²) in [6.45, 7) is 7.30. The smallest absolute Gasteiger partial charge is 0.268 e. The molecule has 0 bridgehead atoms. The van der Waals surface area contributed by atoms with Crippen LogP contribution in [0, 0.1) is 20.8 Å². The first-order valence-corrected chi connectivity index (χ1v) is 11.6. The topological polar surface area (TPSA) is 80.8 Å². The van der Waals surface area contributed by atoms with Crippen LogP contribution in [0.15, 0.2) is 30.3 Å². The van der Waals surface area contributed by atoms with Gasteiger partial charge in [0.05, 0.1) is 29.2 Å². The molecule has 172 valence electrons. The Morgan fingerprint density at radius 1 is 1.27 bits per heavy atom. The van der Waals surface area contributed by atoms with Crippen molar-refractivity contribution in [2.45, 2.75) is 33.8 Å². The minimum absolute atomic E-state index is 0.178. The molecule has 2 amide bonds. The Morgan fingerprint density at radius 3 is 2.70 bits per heavy atom. The van der Waals surface area contributed by atoms with E-state index in [0.717, 1.165) is 26.7 Å². The number of carbonyl (C=O) groups excluding carboxylic acids is 2. The van der Waals surface area contributed by atoms with E-state index in [1.165, 1.54) is 12.0 Å². The molecule has 2 aromatic carbocycles. The summed E-state index contributed by atoms with van der Waals surface area (Å²) in [5.74, 6) is 0.329. The largest absolute Gasteiger partial charge is 0.495 e. The molecule has 1 aliphatic rings. The van der Waals surface area contributed by atoms with Gasteiger partial charge in [-0.1, -0.05) is 11.6 Å². The van der Waals surface area contributed by atoms with Gasteiger partial charge < -0.3 is 14.8 Å². The van der Waals surface area contributed by atoms with E-state index in [9.17, 15) is 9.59 Å². The number of halogens is 1. The summed E-state index contributed by atoms with van der Waals surface area (Å²) in [6, 6.07) is 8.97. The van der Waals surface area contributed by atoms with Crippen LogP contribution in [-0.2, 0) is 9.59 Å². The van der Waals surface area contributed by atoms with Gasteiger partial charge in [0.2, 0.25) is 5.91 Å². The predicted molar refractivity (Wildman–Crippen MR) is 131 cm³/mol. The minimum Gasteiger partial charge on any atom is -0.495 e. The highest BCUT2D eigenvalue weighted by Crippen LogP contribution is 2.39. The molecular formula is C24H24ClN3O4S. The zero-order valence-corrected chi connectivity index (χ0v) is 20.6. The Kier molecular flexibility index (Phi) is 6.32. The van der Waals surface area contributed by atoms with E-state index in [0.29, 0.717) is 27.9 Å². The lowest BCUT2D eigenvalue weighted by molar-refractivity contribution is -0.127. The van der Waals surface area contributed by atoms with Gasteiger partial charge in [-0.2, -0.15) is 0 Å². The molecule has 0 saturated heterocycles. The number of carbonyl (C=O) groups is 2. The average molecular weight is 486 g/mol. The SMILES string of the molecule is COc1cc(Cl)c(C)cc1NC(=O)CN1C(=O)C(C)Oc2ccc(-c3nc(C)sc3C)cc21. The molecule has 0 fully saturated rings. The number of amides is 2. The normalized spacial score (nSPS) is 15.2. The first kappa shape index (κ1) is 23.1. The number of aromatic nitrogens is 1. The van der Waals surface area contributed by atoms with E-state index >= 15 is 0 Å². The van der Waals surface area contributed by atoms with Crippen LogP contribution in [0.25, 0.3) is 11.3 Å². The molecule has 0 radical (unpaired) electrons. The number of nitrogens with one attached hydrogen (secondary N) is 1. The Hall–Kier alpha value is -3.10. The van der Waals surface area contributed by atoms with E-state index in [1.807, 2.05) is 39.0 Å². The number of nitrogens with zero attached hydrogens (tertiary/aromatic N) is 2. The van der Waals surface area contributed by atoms with E-state index in [1.54, 1.807) is 30.4 Å². The summed E-state index contributed by atoms with van der Waals surface area (Å²) in [5.41, 5.74) is 3.54. The lowest BCUT2D eigenvalue weighted by Gasteiger charge is -2.33. The summed E-state index contributed by atoms with van der Waals surface area (Å²) < 4.78 is 11.1. The van der Waals surface area contributed by atoms with Crippen LogP contribution in [-0.4, -0.2) is 36.6 Å². The number of ether oxygens (including phenoxy) is 2. The zero-order chi connectivity index (χ0) is 23.9. The number of methoxy groups -OCH3 is 1. The second-order valence-corrected chi connectivity index (χ2v) is 9.67. The highest BCUT2D eigenvalue weighted by Gasteiger charge is 2.33. The highest BCUT2D eigenvalue weighted by molar-refractivity contribution is 7.11. The van der Waals surface area contributed by atoms with Gasteiger partial charge in [0.15, 0.2) is 6.10 Å². The van der Waals surface area contributed by atoms with Crippen molar-refractivity contribution in [1.29, 1.82) is 0 Å². The van der Waals surface area contributed by atoms with Crippen LogP contribution in [0.1, 0.15) is 22.4 Å². The molecule has 4 rings (SSSR count). The molecule has 3 aromatic rings. The van der Waals surface area contributed by atoms with E-state index in [2.05, 4.69) is 10.3 Å². The molecule has 1 atom stereocenters. The number of rotatable bonds is 5. The molecule has 1 N–H and O–H groups in total. The molecule has 0 spiro atoms. The molecule has 0 saturated carbocycles. The number of hydrogen-bond donors (Lipinski definition) is 1. The van der Waals surface area contributed by atoms with Crippen molar-refractivity contribution in [3.05, 3.63) is 50.8 Å². The van der Waals surface area contributed by atoms with Gasteiger partial charge in [-0.15, -0.1) is 11.3 Å². The molecular weight excluding hydrogens is 462 g/mol. The van der Waals surface area contributed by atoms with Gasteiger partial charge >= 0.3 is 0 Å². The first-order chi connectivity index (χ1) is 15.7. The fourth-order valence-electron chi connectivity index (χ4n) is 3.78. The van der Waals surface area contributed by atoms with Crippen LogP contribution >= 0.6 is 22.9 Å². The van der Waals surface area contributed by atoms with E-state index in [-0.39, 0.29) is 18.4 Å². The van der Waals surface area contributed by atoms with Gasteiger partial charge in [0, 0.05) is 21.5 Å². The maximum Gasteiger partial charge on any atom is 0.268 e. The minimum atomic E-state index is -0.702. The summed E-state index contributed by atoms with van der Waals surface area (Å²) in [5, 5.41) is 4.33. The maximum absolute atomic E-state index is 13.0. The van der Waals surface area contributed by atoms with Gasteiger partial charge in [0.1, 0.15) is 18.0 Å². The van der Waals surface area contributed by atoms with Crippen molar-refractivity contribution in [2.24, 2.45) is 0 Å². The third-order valence-electron chi connectivity index (χ3n) is 5.40. The number of anilines is 2. The second-order valence-electron chi connectivity index (χ2n) is 7.85. The summed E-state index contributed by atoms with van der Waals surface area (Å²) in [6.07, 6.45) is -0.702. The maximum atomic E-state index is 13.0. The monoisotopic (exact) mass is 485 g/mol. The van der Waals surface area contributed by atoms with E-state index in [4.69, 9.17) is 21.1 Å². The standard InChI is InChI=1S/C24H24ClN3O4S/c1-12-8-18(21(31-5)10-17(12)25)27-22(29)11-28-19-9-16(23-14(3)33-15(4)26-23)6-7-20(19)32-13(2)24(28)30/h6-10,13H,11H2,1-5H3,(H,27,29). The van der Waals surface area contributed by atoms with Crippen molar-refractivity contribution in [1.82, 2.24) is 4.98 Å². The fourth-order valence-corrected chi connectivity index (χ4v) is 4.77.